The van der Waals surface area contributed by atoms with Crippen LogP contribution < -0.4 is 56.8 Å². The molecule has 0 heterocycles. The third-order valence-corrected chi connectivity index (χ3v) is 2.58. The second-order valence-corrected chi connectivity index (χ2v) is 3.57. The molecule has 0 aliphatic heterocycles. The van der Waals surface area contributed by atoms with Gasteiger partial charge in [-0.05, 0) is 0 Å². The largest absolute Gasteiger partial charge is 1.00 e. The van der Waals surface area contributed by atoms with Gasteiger partial charge in [-0.1, -0.05) is 46.9 Å². The van der Waals surface area contributed by atoms with E-state index in [1.54, 1.807) is 0 Å². The van der Waals surface area contributed by atoms with Crippen LogP contribution in [0, 0.1) is 0 Å². The molecular formula is C6H2BCl3F3K. The van der Waals surface area contributed by atoms with Gasteiger partial charge in [0.05, 0.1) is 15.1 Å². The average molecular weight is 287 g/mol. The van der Waals surface area contributed by atoms with Crippen LogP contribution in [0.2, 0.25) is 15.1 Å². The first-order valence-electron chi connectivity index (χ1n) is 3.16. The van der Waals surface area contributed by atoms with Gasteiger partial charge in [0.25, 0.3) is 0 Å². The summed E-state index contributed by atoms with van der Waals surface area (Å²) in [6.45, 7) is -5.08. The van der Waals surface area contributed by atoms with Crippen LogP contribution in [0.25, 0.3) is 0 Å². The summed E-state index contributed by atoms with van der Waals surface area (Å²) in [6, 6.07) is 1.52. The van der Waals surface area contributed by atoms with E-state index in [-0.39, 0.29) is 66.5 Å². The molecule has 0 unspecified atom stereocenters. The molecule has 0 amide bonds. The minimum absolute atomic E-state index is 0. The molecule has 1 rings (SSSR count). The zero-order valence-corrected chi connectivity index (χ0v) is 12.4. The fourth-order valence-corrected chi connectivity index (χ4v) is 1.38. The second-order valence-electron chi connectivity index (χ2n) is 2.37. The van der Waals surface area contributed by atoms with Gasteiger partial charge in [0.2, 0.25) is 0 Å². The molecule has 0 aliphatic carbocycles. The summed E-state index contributed by atoms with van der Waals surface area (Å²) in [5.74, 6) is 0. The average Bonchev–Trinajstić information content (AvgIpc) is 1.97. The van der Waals surface area contributed by atoms with Crippen molar-refractivity contribution < 1.29 is 64.3 Å². The van der Waals surface area contributed by atoms with Crippen molar-refractivity contribution in [3.63, 3.8) is 0 Å². The number of halogens is 6. The van der Waals surface area contributed by atoms with E-state index in [2.05, 4.69) is 0 Å². The van der Waals surface area contributed by atoms with E-state index in [1.165, 1.54) is 0 Å². The van der Waals surface area contributed by atoms with Gasteiger partial charge < -0.3 is 12.9 Å². The van der Waals surface area contributed by atoms with Crippen molar-refractivity contribution in [2.24, 2.45) is 0 Å². The number of hydrogen-bond acceptors (Lipinski definition) is 0. The van der Waals surface area contributed by atoms with E-state index in [0.29, 0.717) is 0 Å². The van der Waals surface area contributed by atoms with Crippen molar-refractivity contribution in [2.45, 2.75) is 0 Å². The van der Waals surface area contributed by atoms with Crippen molar-refractivity contribution in [2.75, 3.05) is 0 Å². The van der Waals surface area contributed by atoms with E-state index < -0.39 is 12.4 Å². The van der Waals surface area contributed by atoms with Gasteiger partial charge in [0.1, 0.15) is 0 Å². The van der Waals surface area contributed by atoms with Crippen LogP contribution in [0.1, 0.15) is 0 Å². The van der Waals surface area contributed by atoms with E-state index in [1.807, 2.05) is 0 Å². The van der Waals surface area contributed by atoms with Crippen LogP contribution in [0.15, 0.2) is 12.1 Å². The monoisotopic (exact) mass is 286 g/mol. The third kappa shape index (κ3) is 3.87. The smallest absolute Gasteiger partial charge is 0.445 e. The first-order chi connectivity index (χ1) is 5.82. The number of benzene rings is 1. The zero-order chi connectivity index (χ0) is 10.2. The fourth-order valence-electron chi connectivity index (χ4n) is 0.764. The van der Waals surface area contributed by atoms with E-state index >= 15 is 0 Å². The van der Waals surface area contributed by atoms with Crippen LogP contribution in [0.4, 0.5) is 12.9 Å². The maximum absolute atomic E-state index is 12.2. The molecule has 8 heteroatoms. The molecule has 0 fully saturated rings. The standard InChI is InChI=1S/C6H2BCl3F3.K/c8-4-1-3(7(11,12)13)2-5(9)6(4)10;/h1-2H;/q-1;+1. The van der Waals surface area contributed by atoms with Crippen molar-refractivity contribution in [3.8, 4) is 0 Å². The maximum Gasteiger partial charge on any atom is 1.00 e. The molecule has 1 aromatic carbocycles. The molecule has 0 atom stereocenters. The normalized spacial score (nSPS) is 11.0. The molecular weight excluding hydrogens is 285 g/mol. The van der Waals surface area contributed by atoms with Gasteiger partial charge in [0, 0.05) is 0 Å². The van der Waals surface area contributed by atoms with Crippen LogP contribution in [-0.2, 0) is 0 Å². The Hall–Kier alpha value is 1.58. The molecule has 0 radical (unpaired) electrons. The maximum atomic E-state index is 12.2. The van der Waals surface area contributed by atoms with E-state index in [9.17, 15) is 12.9 Å². The second kappa shape index (κ2) is 5.77. The number of hydrogen-bond donors (Lipinski definition) is 0. The van der Waals surface area contributed by atoms with Gasteiger partial charge in [-0.2, -0.15) is 0 Å². The van der Waals surface area contributed by atoms with Crippen molar-refractivity contribution in [3.05, 3.63) is 27.2 Å². The number of rotatable bonds is 1. The molecule has 0 saturated carbocycles. The van der Waals surface area contributed by atoms with Gasteiger partial charge in [-0.25, -0.2) is 0 Å². The molecule has 0 saturated heterocycles. The predicted octanol–water partition coefficient (Wildman–Crippen LogP) is 0.705. The minimum Gasteiger partial charge on any atom is -0.445 e. The van der Waals surface area contributed by atoms with Crippen molar-refractivity contribution in [1.29, 1.82) is 0 Å². The molecule has 0 bridgehead atoms. The summed E-state index contributed by atoms with van der Waals surface area (Å²) in [5, 5.41) is -0.445. The Balaban J connectivity index is 0.00000169. The topological polar surface area (TPSA) is 0 Å². The van der Waals surface area contributed by atoms with Gasteiger partial charge >= 0.3 is 58.4 Å². The SMILES string of the molecule is F[B-](F)(F)c1cc(Cl)c(Cl)c(Cl)c1.[K+]. The summed E-state index contributed by atoms with van der Waals surface area (Å²) >= 11 is 16.3. The fraction of sp³-hybridized carbons (Fsp3) is 0. The Morgan fingerprint density at radius 1 is 0.929 bits per heavy atom. The quantitative estimate of drug-likeness (QED) is 0.527. The summed E-state index contributed by atoms with van der Waals surface area (Å²) in [7, 11) is 0. The summed E-state index contributed by atoms with van der Waals surface area (Å²) in [4.78, 5) is 0. The van der Waals surface area contributed by atoms with Crippen molar-refractivity contribution >= 4 is 47.2 Å². The van der Waals surface area contributed by atoms with Gasteiger partial charge in [0.15, 0.2) is 0 Å². The van der Waals surface area contributed by atoms with Crippen molar-refractivity contribution in [1.82, 2.24) is 0 Å². The molecule has 14 heavy (non-hydrogen) atoms. The Morgan fingerprint density at radius 3 is 1.57 bits per heavy atom. The molecule has 0 N–H and O–H groups in total. The molecule has 1 aromatic rings. The van der Waals surface area contributed by atoms with Crippen LogP contribution in [-0.4, -0.2) is 6.98 Å². The third-order valence-electron chi connectivity index (χ3n) is 1.38. The van der Waals surface area contributed by atoms with E-state index in [4.69, 9.17) is 34.8 Å². The Labute approximate surface area is 137 Å². The molecule has 72 valence electrons. The van der Waals surface area contributed by atoms with Crippen LogP contribution in [0.3, 0.4) is 0 Å². The predicted molar refractivity (Wildman–Crippen MR) is 50.2 cm³/mol. The summed E-state index contributed by atoms with van der Waals surface area (Å²) in [5.41, 5.74) is -0.848. The van der Waals surface area contributed by atoms with Crippen LogP contribution >= 0.6 is 34.8 Å². The van der Waals surface area contributed by atoms with Gasteiger partial charge in [-0.3, -0.25) is 0 Å². The summed E-state index contributed by atoms with van der Waals surface area (Å²) in [6.07, 6.45) is 0. The summed E-state index contributed by atoms with van der Waals surface area (Å²) < 4.78 is 36.5. The van der Waals surface area contributed by atoms with Crippen LogP contribution in [0.5, 0.6) is 0 Å². The molecule has 0 aliphatic rings. The van der Waals surface area contributed by atoms with Gasteiger partial charge in [-0.15, -0.1) is 5.46 Å². The van der Waals surface area contributed by atoms with E-state index in [0.717, 1.165) is 12.1 Å². The Kier molecular flexibility index (Phi) is 6.43. The zero-order valence-electron chi connectivity index (χ0n) is 7.00. The Bertz CT molecular complexity index is 319. The first kappa shape index (κ1) is 15.6. The molecule has 0 spiro atoms. The molecule has 0 aromatic heterocycles. The molecule has 0 nitrogen and oxygen atoms in total. The Morgan fingerprint density at radius 2 is 1.29 bits per heavy atom. The first-order valence-corrected chi connectivity index (χ1v) is 4.30. The minimum atomic E-state index is -5.08.